The second-order valence-corrected chi connectivity index (χ2v) is 3.99. The summed E-state index contributed by atoms with van der Waals surface area (Å²) in [7, 11) is 0. The Morgan fingerprint density at radius 1 is 1.35 bits per heavy atom. The lowest BCUT2D eigenvalue weighted by Gasteiger charge is -2.19. The van der Waals surface area contributed by atoms with Crippen molar-refractivity contribution < 1.29 is 0 Å². The molecule has 0 aliphatic carbocycles. The number of nitrogens with two attached hydrogens (primary N) is 1. The first kappa shape index (κ1) is 10.1. The lowest BCUT2D eigenvalue weighted by Crippen LogP contribution is -2.26. The van der Waals surface area contributed by atoms with Gasteiger partial charge in [-0.25, -0.2) is 4.98 Å². The van der Waals surface area contributed by atoms with Crippen molar-refractivity contribution in [1.29, 1.82) is 0 Å². The Morgan fingerprint density at radius 2 is 2.29 bits per heavy atom. The molecular formula is C11H14N6. The molecule has 5 N–H and O–H groups in total. The van der Waals surface area contributed by atoms with Gasteiger partial charge in [-0.15, -0.1) is 0 Å². The van der Waals surface area contributed by atoms with Crippen molar-refractivity contribution in [2.45, 2.75) is 13.0 Å². The number of nitrogen functional groups attached to an aromatic ring is 1. The van der Waals surface area contributed by atoms with E-state index in [1.165, 1.54) is 0 Å². The van der Waals surface area contributed by atoms with Crippen LogP contribution in [-0.4, -0.2) is 21.5 Å². The van der Waals surface area contributed by atoms with Gasteiger partial charge >= 0.3 is 0 Å². The average molecular weight is 230 g/mol. The molecule has 0 bridgehead atoms. The monoisotopic (exact) mass is 230 g/mol. The van der Waals surface area contributed by atoms with Crippen LogP contribution in [0.5, 0.6) is 0 Å². The Kier molecular flexibility index (Phi) is 2.41. The summed E-state index contributed by atoms with van der Waals surface area (Å²) in [5.74, 6) is 2.00. The zero-order chi connectivity index (χ0) is 11.7. The molecule has 0 aromatic carbocycles. The number of anilines is 3. The second-order valence-electron chi connectivity index (χ2n) is 3.99. The molecule has 6 nitrogen and oxygen atoms in total. The first-order valence-corrected chi connectivity index (χ1v) is 5.59. The van der Waals surface area contributed by atoms with Gasteiger partial charge in [0.2, 0.25) is 5.95 Å². The quantitative estimate of drug-likeness (QED) is 0.612. The van der Waals surface area contributed by atoms with Crippen LogP contribution < -0.4 is 16.4 Å². The highest BCUT2D eigenvalue weighted by Crippen LogP contribution is 2.23. The predicted molar refractivity (Wildman–Crippen MR) is 65.9 cm³/mol. The van der Waals surface area contributed by atoms with Crippen LogP contribution in [0.3, 0.4) is 0 Å². The van der Waals surface area contributed by atoms with Crippen LogP contribution in [0.15, 0.2) is 18.3 Å². The topological polar surface area (TPSA) is 91.6 Å². The Hall–Kier alpha value is -2.08. The minimum atomic E-state index is 0.319. The van der Waals surface area contributed by atoms with E-state index in [4.69, 9.17) is 5.73 Å². The van der Waals surface area contributed by atoms with Gasteiger partial charge in [-0.3, -0.25) is 0 Å². The highest BCUT2D eigenvalue weighted by atomic mass is 15.1. The van der Waals surface area contributed by atoms with Crippen LogP contribution in [0.1, 0.15) is 11.3 Å². The molecule has 3 heterocycles. The fourth-order valence-corrected chi connectivity index (χ4v) is 2.00. The molecule has 2 aromatic heterocycles. The highest BCUT2D eigenvalue weighted by Gasteiger charge is 2.16. The van der Waals surface area contributed by atoms with E-state index in [0.29, 0.717) is 5.95 Å². The van der Waals surface area contributed by atoms with Gasteiger partial charge in [0.1, 0.15) is 11.6 Å². The van der Waals surface area contributed by atoms with Crippen molar-refractivity contribution in [3.63, 3.8) is 0 Å². The third kappa shape index (κ3) is 1.94. The molecule has 88 valence electrons. The molecule has 1 aliphatic heterocycles. The van der Waals surface area contributed by atoms with Gasteiger partial charge in [-0.05, 0) is 12.1 Å². The van der Waals surface area contributed by atoms with Crippen LogP contribution >= 0.6 is 0 Å². The molecule has 0 saturated carbocycles. The maximum Gasteiger partial charge on any atom is 0.222 e. The lowest BCUT2D eigenvalue weighted by atomic mass is 10.1. The van der Waals surface area contributed by atoms with Crippen LogP contribution in [0.2, 0.25) is 0 Å². The fraction of sp³-hybridized carbons (Fsp3) is 0.273. The SMILES string of the molecule is Nc1nc2c(c(Nc3ccc[nH]3)n1)CNCC2. The summed E-state index contributed by atoms with van der Waals surface area (Å²) in [6, 6.07) is 3.87. The number of rotatable bonds is 2. The van der Waals surface area contributed by atoms with Crippen LogP contribution in [0.25, 0.3) is 0 Å². The average Bonchev–Trinajstić information content (AvgIpc) is 2.81. The summed E-state index contributed by atoms with van der Waals surface area (Å²) in [6.45, 7) is 1.71. The van der Waals surface area contributed by atoms with Crippen molar-refractivity contribution >= 4 is 17.6 Å². The highest BCUT2D eigenvalue weighted by molar-refractivity contribution is 5.59. The second kappa shape index (κ2) is 4.06. The molecule has 0 fully saturated rings. The van der Waals surface area contributed by atoms with E-state index in [0.717, 1.165) is 42.4 Å². The van der Waals surface area contributed by atoms with Crippen molar-refractivity contribution in [3.8, 4) is 0 Å². The Balaban J connectivity index is 2.00. The molecule has 0 saturated heterocycles. The van der Waals surface area contributed by atoms with Crippen molar-refractivity contribution in [1.82, 2.24) is 20.3 Å². The van der Waals surface area contributed by atoms with Crippen LogP contribution in [0.4, 0.5) is 17.6 Å². The summed E-state index contributed by atoms with van der Waals surface area (Å²) < 4.78 is 0. The molecule has 17 heavy (non-hydrogen) atoms. The van der Waals surface area contributed by atoms with Crippen molar-refractivity contribution in [3.05, 3.63) is 29.6 Å². The van der Waals surface area contributed by atoms with Gasteiger partial charge in [0.05, 0.1) is 5.69 Å². The predicted octanol–water partition coefficient (Wildman–Crippen LogP) is 0.776. The number of fused-ring (bicyclic) bond motifs is 1. The summed E-state index contributed by atoms with van der Waals surface area (Å²) in [6.07, 6.45) is 2.75. The van der Waals surface area contributed by atoms with Gasteiger partial charge in [0.25, 0.3) is 0 Å². The van der Waals surface area contributed by atoms with Gasteiger partial charge in [0, 0.05) is 31.3 Å². The maximum absolute atomic E-state index is 5.72. The molecule has 0 atom stereocenters. The van der Waals surface area contributed by atoms with E-state index in [1.807, 2.05) is 18.3 Å². The van der Waals surface area contributed by atoms with Crippen molar-refractivity contribution in [2.24, 2.45) is 0 Å². The van der Waals surface area contributed by atoms with E-state index in [2.05, 4.69) is 25.6 Å². The fourth-order valence-electron chi connectivity index (χ4n) is 2.00. The third-order valence-corrected chi connectivity index (χ3v) is 2.80. The third-order valence-electron chi connectivity index (χ3n) is 2.80. The number of aromatic nitrogens is 3. The number of aromatic amines is 1. The molecule has 3 rings (SSSR count). The first-order chi connectivity index (χ1) is 8.33. The number of H-pyrrole nitrogens is 1. The largest absolute Gasteiger partial charge is 0.368 e. The molecule has 6 heteroatoms. The number of nitrogens with zero attached hydrogens (tertiary/aromatic N) is 2. The zero-order valence-electron chi connectivity index (χ0n) is 9.33. The number of nitrogens with one attached hydrogen (secondary N) is 3. The van der Waals surface area contributed by atoms with Gasteiger partial charge in [-0.2, -0.15) is 4.98 Å². The Bertz CT molecular complexity index is 519. The summed E-state index contributed by atoms with van der Waals surface area (Å²) in [4.78, 5) is 11.6. The molecule has 0 spiro atoms. The Morgan fingerprint density at radius 3 is 3.12 bits per heavy atom. The van der Waals surface area contributed by atoms with Crippen molar-refractivity contribution in [2.75, 3.05) is 17.6 Å². The van der Waals surface area contributed by atoms with Crippen LogP contribution in [-0.2, 0) is 13.0 Å². The lowest BCUT2D eigenvalue weighted by molar-refractivity contribution is 0.629. The minimum Gasteiger partial charge on any atom is -0.368 e. The molecule has 0 radical (unpaired) electrons. The summed E-state index contributed by atoms with van der Waals surface area (Å²) >= 11 is 0. The van der Waals surface area contributed by atoms with Crippen LogP contribution in [0, 0.1) is 0 Å². The zero-order valence-corrected chi connectivity index (χ0v) is 9.33. The number of hydrogen-bond donors (Lipinski definition) is 4. The van der Waals surface area contributed by atoms with E-state index < -0.39 is 0 Å². The maximum atomic E-state index is 5.72. The molecule has 0 amide bonds. The van der Waals surface area contributed by atoms with E-state index in [9.17, 15) is 0 Å². The number of hydrogen-bond acceptors (Lipinski definition) is 5. The van der Waals surface area contributed by atoms with E-state index in [-0.39, 0.29) is 0 Å². The molecule has 2 aromatic rings. The molecular weight excluding hydrogens is 216 g/mol. The first-order valence-electron chi connectivity index (χ1n) is 5.59. The standard InChI is InChI=1S/C11H14N6/c12-11-15-8-3-5-13-6-7(8)10(17-11)16-9-2-1-4-14-9/h1-2,4,13-14H,3,5-6H2,(H3,12,15,16,17). The normalized spacial score (nSPS) is 14.4. The minimum absolute atomic E-state index is 0.319. The Labute approximate surface area is 98.7 Å². The van der Waals surface area contributed by atoms with Gasteiger partial charge in [-0.1, -0.05) is 0 Å². The smallest absolute Gasteiger partial charge is 0.222 e. The van der Waals surface area contributed by atoms with Gasteiger partial charge in [0.15, 0.2) is 0 Å². The summed E-state index contributed by atoms with van der Waals surface area (Å²) in [5, 5.41) is 6.54. The van der Waals surface area contributed by atoms with E-state index in [1.54, 1.807) is 0 Å². The van der Waals surface area contributed by atoms with E-state index >= 15 is 0 Å². The molecule has 1 aliphatic rings. The molecule has 0 unspecified atom stereocenters. The van der Waals surface area contributed by atoms with Gasteiger partial charge < -0.3 is 21.4 Å². The summed E-state index contributed by atoms with van der Waals surface area (Å²) in [5.41, 5.74) is 7.85.